The van der Waals surface area contributed by atoms with Gasteiger partial charge in [0.15, 0.2) is 11.5 Å². The summed E-state index contributed by atoms with van der Waals surface area (Å²) in [6.07, 6.45) is 3.26. The van der Waals surface area contributed by atoms with Crippen LogP contribution in [0.3, 0.4) is 0 Å². The molecule has 3 rings (SSSR count). The largest absolute Gasteiger partial charge is 0.493 e. The highest BCUT2D eigenvalue weighted by Crippen LogP contribution is 2.35. The first kappa shape index (κ1) is 23.8. The number of hydrogen-bond acceptors (Lipinski definition) is 7. The summed E-state index contributed by atoms with van der Waals surface area (Å²) in [4.78, 5) is 42.6. The van der Waals surface area contributed by atoms with Crippen LogP contribution >= 0.6 is 0 Å². The average Bonchev–Trinajstić information content (AvgIpc) is 2.83. The van der Waals surface area contributed by atoms with E-state index in [0.29, 0.717) is 38.5 Å². The first-order valence-electron chi connectivity index (χ1n) is 11.2. The molecule has 0 aromatic heterocycles. The number of likely N-dealkylation sites (tertiary alicyclic amines) is 1. The van der Waals surface area contributed by atoms with Gasteiger partial charge in [-0.05, 0) is 33.1 Å². The van der Waals surface area contributed by atoms with Crippen molar-refractivity contribution in [1.82, 2.24) is 14.7 Å². The van der Waals surface area contributed by atoms with Gasteiger partial charge in [-0.15, -0.1) is 0 Å². The molecule has 10 heteroatoms. The molecule has 0 bridgehead atoms. The van der Waals surface area contributed by atoms with Crippen LogP contribution in [-0.4, -0.2) is 90.5 Å². The third kappa shape index (κ3) is 5.12. The molecule has 176 valence electrons. The maximum absolute atomic E-state index is 13.2. The molecule has 2 aliphatic rings. The zero-order valence-corrected chi connectivity index (χ0v) is 19.0. The van der Waals surface area contributed by atoms with Crippen LogP contribution in [0.2, 0.25) is 0 Å². The third-order valence-corrected chi connectivity index (χ3v) is 6.18. The summed E-state index contributed by atoms with van der Waals surface area (Å²) in [5.74, 6) is 0.222. The number of rotatable bonds is 7. The van der Waals surface area contributed by atoms with Gasteiger partial charge in [0.05, 0.1) is 30.7 Å². The van der Waals surface area contributed by atoms with Crippen molar-refractivity contribution >= 4 is 17.5 Å². The van der Waals surface area contributed by atoms with Crippen molar-refractivity contribution in [3.63, 3.8) is 0 Å². The zero-order valence-electron chi connectivity index (χ0n) is 19.0. The number of piperidine rings is 1. The van der Waals surface area contributed by atoms with E-state index in [-0.39, 0.29) is 28.9 Å². The van der Waals surface area contributed by atoms with E-state index in [1.807, 2.05) is 11.8 Å². The van der Waals surface area contributed by atoms with E-state index < -0.39 is 10.8 Å². The van der Waals surface area contributed by atoms with Crippen molar-refractivity contribution in [1.29, 1.82) is 0 Å². The number of piperazine rings is 1. The van der Waals surface area contributed by atoms with Crippen molar-refractivity contribution in [2.45, 2.75) is 39.2 Å². The predicted octanol–water partition coefficient (Wildman–Crippen LogP) is 2.16. The molecule has 0 radical (unpaired) electrons. The molecule has 0 aliphatic carbocycles. The van der Waals surface area contributed by atoms with Crippen LogP contribution in [0.15, 0.2) is 12.1 Å². The smallest absolute Gasteiger partial charge is 0.286 e. The molecule has 2 fully saturated rings. The van der Waals surface area contributed by atoms with E-state index in [1.54, 1.807) is 11.8 Å². The lowest BCUT2D eigenvalue weighted by molar-refractivity contribution is -0.385. The molecule has 2 saturated heterocycles. The molecule has 32 heavy (non-hydrogen) atoms. The maximum Gasteiger partial charge on any atom is 0.286 e. The van der Waals surface area contributed by atoms with Crippen LogP contribution in [0.25, 0.3) is 0 Å². The molecule has 0 unspecified atom stereocenters. The van der Waals surface area contributed by atoms with Gasteiger partial charge in [-0.25, -0.2) is 0 Å². The van der Waals surface area contributed by atoms with E-state index in [9.17, 15) is 19.7 Å². The topological polar surface area (TPSA) is 105 Å². The second-order valence-corrected chi connectivity index (χ2v) is 8.10. The molecular weight excluding hydrogens is 416 g/mol. The van der Waals surface area contributed by atoms with E-state index in [4.69, 9.17) is 9.47 Å². The molecule has 0 spiro atoms. The second kappa shape index (κ2) is 10.6. The number of hydrogen-bond donors (Lipinski definition) is 0. The Balaban J connectivity index is 1.70. The van der Waals surface area contributed by atoms with Crippen LogP contribution in [-0.2, 0) is 4.79 Å². The molecule has 0 saturated carbocycles. The summed E-state index contributed by atoms with van der Waals surface area (Å²) >= 11 is 0. The van der Waals surface area contributed by atoms with Gasteiger partial charge in [0, 0.05) is 45.3 Å². The first-order valence-corrected chi connectivity index (χ1v) is 11.2. The number of nitro benzene ring substituents is 1. The van der Waals surface area contributed by atoms with Gasteiger partial charge in [0.2, 0.25) is 5.91 Å². The fraction of sp³-hybridized carbons (Fsp3) is 0.636. The lowest BCUT2D eigenvalue weighted by Gasteiger charge is -2.39. The summed E-state index contributed by atoms with van der Waals surface area (Å²) in [6.45, 7) is 7.51. The lowest BCUT2D eigenvalue weighted by atomic mass is 10.1. The van der Waals surface area contributed by atoms with Gasteiger partial charge in [0.1, 0.15) is 5.56 Å². The minimum atomic E-state index is -0.582. The average molecular weight is 449 g/mol. The van der Waals surface area contributed by atoms with Crippen LogP contribution < -0.4 is 9.47 Å². The Hall–Kier alpha value is -2.88. The molecule has 1 aromatic rings. The van der Waals surface area contributed by atoms with Crippen LogP contribution in [0.5, 0.6) is 11.5 Å². The summed E-state index contributed by atoms with van der Waals surface area (Å²) in [7, 11) is 1.40. The number of ether oxygens (including phenoxy) is 2. The van der Waals surface area contributed by atoms with Gasteiger partial charge in [0.25, 0.3) is 11.6 Å². The number of benzene rings is 1. The minimum Gasteiger partial charge on any atom is -0.493 e. The summed E-state index contributed by atoms with van der Waals surface area (Å²) < 4.78 is 10.7. The fourth-order valence-corrected chi connectivity index (χ4v) is 4.32. The Bertz CT molecular complexity index is 847. The normalized spacial score (nSPS) is 18.2. The first-order chi connectivity index (χ1) is 15.4. The molecule has 2 amide bonds. The third-order valence-electron chi connectivity index (χ3n) is 6.18. The summed E-state index contributed by atoms with van der Waals surface area (Å²) in [6, 6.07) is 2.37. The quantitative estimate of drug-likeness (QED) is 0.465. The lowest BCUT2D eigenvalue weighted by Crippen LogP contribution is -2.56. The van der Waals surface area contributed by atoms with Gasteiger partial charge in [-0.1, -0.05) is 0 Å². The van der Waals surface area contributed by atoms with Crippen molar-refractivity contribution < 1.29 is 24.0 Å². The fourth-order valence-electron chi connectivity index (χ4n) is 4.32. The number of nitro groups is 1. The molecule has 2 heterocycles. The number of methoxy groups -OCH3 is 1. The highest BCUT2D eigenvalue weighted by molar-refractivity contribution is 5.99. The van der Waals surface area contributed by atoms with Crippen molar-refractivity contribution in [2.24, 2.45) is 0 Å². The highest BCUT2D eigenvalue weighted by Gasteiger charge is 2.33. The highest BCUT2D eigenvalue weighted by atomic mass is 16.6. The number of carbonyl (C=O) groups excluding carboxylic acids is 2. The van der Waals surface area contributed by atoms with Crippen LogP contribution in [0.1, 0.15) is 43.5 Å². The van der Waals surface area contributed by atoms with E-state index in [0.717, 1.165) is 25.9 Å². The molecular formula is C22H32N4O6. The SMILES string of the molecule is CCOc1cc(C(=O)N2CCN([C@@H](C)C(=O)N3CCCCC3)CC2)c([N+](=O)[O-])cc1OC. The second-order valence-electron chi connectivity index (χ2n) is 8.10. The monoisotopic (exact) mass is 448 g/mol. The molecule has 10 nitrogen and oxygen atoms in total. The van der Waals surface area contributed by atoms with Crippen LogP contribution in [0, 0.1) is 10.1 Å². The molecule has 2 aliphatic heterocycles. The van der Waals surface area contributed by atoms with Crippen molar-refractivity contribution in [2.75, 3.05) is 53.0 Å². The van der Waals surface area contributed by atoms with Crippen molar-refractivity contribution in [3.8, 4) is 11.5 Å². The Morgan fingerprint density at radius 3 is 2.25 bits per heavy atom. The van der Waals surface area contributed by atoms with Gasteiger partial charge in [-0.2, -0.15) is 0 Å². The van der Waals surface area contributed by atoms with E-state index in [1.165, 1.54) is 25.7 Å². The number of carbonyl (C=O) groups is 2. The minimum absolute atomic E-state index is 0.0230. The Labute approximate surface area is 188 Å². The van der Waals surface area contributed by atoms with E-state index in [2.05, 4.69) is 4.90 Å². The van der Waals surface area contributed by atoms with E-state index >= 15 is 0 Å². The van der Waals surface area contributed by atoms with Gasteiger partial charge < -0.3 is 19.3 Å². The number of amides is 2. The summed E-state index contributed by atoms with van der Waals surface area (Å²) in [5, 5.41) is 11.6. The molecule has 0 N–H and O–H groups in total. The number of nitrogens with zero attached hydrogens (tertiary/aromatic N) is 4. The van der Waals surface area contributed by atoms with Crippen molar-refractivity contribution in [3.05, 3.63) is 27.8 Å². The Morgan fingerprint density at radius 1 is 1.03 bits per heavy atom. The Morgan fingerprint density at radius 2 is 1.69 bits per heavy atom. The maximum atomic E-state index is 13.2. The Kier molecular flexibility index (Phi) is 7.89. The van der Waals surface area contributed by atoms with Crippen LogP contribution in [0.4, 0.5) is 5.69 Å². The molecule has 1 atom stereocenters. The zero-order chi connectivity index (χ0) is 23.3. The molecule has 1 aromatic carbocycles. The van der Waals surface area contributed by atoms with Gasteiger partial charge in [-0.3, -0.25) is 24.6 Å². The van der Waals surface area contributed by atoms with Gasteiger partial charge >= 0.3 is 0 Å². The predicted molar refractivity (Wildman–Crippen MR) is 118 cm³/mol. The standard InChI is InChI=1S/C22H32N4O6/c1-4-32-20-14-17(18(26(29)30)15-19(20)31-3)22(28)25-12-10-23(11-13-25)16(2)21(27)24-8-6-5-7-9-24/h14-16H,4-13H2,1-3H3/t16-/m0/s1. The summed E-state index contributed by atoms with van der Waals surface area (Å²) in [5.41, 5.74) is -0.337.